The molecule has 6 nitrogen and oxygen atoms in total. The van der Waals surface area contributed by atoms with E-state index in [2.05, 4.69) is 15.2 Å². The van der Waals surface area contributed by atoms with E-state index in [9.17, 15) is 9.59 Å². The van der Waals surface area contributed by atoms with Gasteiger partial charge in [0.2, 0.25) is 5.91 Å². The molecule has 120 valence electrons. The van der Waals surface area contributed by atoms with Gasteiger partial charge in [-0.1, -0.05) is 0 Å². The smallest absolute Gasteiger partial charge is 0.253 e. The van der Waals surface area contributed by atoms with Gasteiger partial charge in [0, 0.05) is 25.4 Å². The van der Waals surface area contributed by atoms with Crippen LogP contribution in [0.15, 0.2) is 23.4 Å². The van der Waals surface area contributed by atoms with Crippen molar-refractivity contribution >= 4 is 5.91 Å². The molecule has 2 saturated heterocycles. The van der Waals surface area contributed by atoms with Gasteiger partial charge in [-0.3, -0.25) is 19.1 Å². The van der Waals surface area contributed by atoms with Crippen LogP contribution in [0.2, 0.25) is 0 Å². The van der Waals surface area contributed by atoms with E-state index in [1.54, 1.807) is 10.9 Å². The fourth-order valence-corrected chi connectivity index (χ4v) is 3.51. The fourth-order valence-electron chi connectivity index (χ4n) is 3.51. The summed E-state index contributed by atoms with van der Waals surface area (Å²) in [5.41, 5.74) is 0.0144. The van der Waals surface area contributed by atoms with Crippen LogP contribution in [-0.4, -0.2) is 46.0 Å². The number of carbonyl (C=O) groups excluding carboxylic acids is 1. The molecule has 1 aromatic heterocycles. The summed E-state index contributed by atoms with van der Waals surface area (Å²) in [5, 5.41) is 3.02. The van der Waals surface area contributed by atoms with Gasteiger partial charge in [-0.2, -0.15) is 0 Å². The van der Waals surface area contributed by atoms with E-state index in [1.807, 2.05) is 0 Å². The molecule has 0 radical (unpaired) electrons. The van der Waals surface area contributed by atoms with Crippen molar-refractivity contribution in [1.29, 1.82) is 0 Å². The first-order valence-electron chi connectivity index (χ1n) is 8.26. The van der Waals surface area contributed by atoms with Crippen molar-refractivity contribution < 1.29 is 4.79 Å². The second kappa shape index (κ2) is 7.05. The minimum absolute atomic E-state index is 0.0144. The van der Waals surface area contributed by atoms with E-state index in [0.29, 0.717) is 5.92 Å². The topological polar surface area (TPSA) is 67.2 Å². The number of hydrogen-bond acceptors (Lipinski definition) is 4. The van der Waals surface area contributed by atoms with Crippen molar-refractivity contribution in [2.75, 3.05) is 19.6 Å². The largest absolute Gasteiger partial charge is 0.355 e. The SMILES string of the molecule is O=C1NCCCCC1N1CCC(Cn2cnccc2=O)CC1. The van der Waals surface area contributed by atoms with Crippen molar-refractivity contribution in [3.63, 3.8) is 0 Å². The Hall–Kier alpha value is -1.69. The molecule has 22 heavy (non-hydrogen) atoms. The first-order chi connectivity index (χ1) is 10.7. The molecule has 0 aromatic carbocycles. The Balaban J connectivity index is 1.55. The molecule has 2 fully saturated rings. The summed E-state index contributed by atoms with van der Waals surface area (Å²) in [6.45, 7) is 3.43. The zero-order valence-electron chi connectivity index (χ0n) is 12.9. The Morgan fingerprint density at radius 3 is 2.77 bits per heavy atom. The molecule has 6 heteroatoms. The van der Waals surface area contributed by atoms with E-state index >= 15 is 0 Å². The van der Waals surface area contributed by atoms with Crippen molar-refractivity contribution in [2.24, 2.45) is 5.92 Å². The van der Waals surface area contributed by atoms with Crippen molar-refractivity contribution in [1.82, 2.24) is 19.8 Å². The summed E-state index contributed by atoms with van der Waals surface area (Å²) in [4.78, 5) is 30.2. The standard InChI is InChI=1S/C16H24N4O2/c21-15-4-8-17-12-20(15)11-13-5-9-19(10-6-13)14-3-1-2-7-18-16(14)22/h4,8,12-14H,1-3,5-7,9-11H2,(H,18,22). The maximum atomic E-state index is 12.1. The second-order valence-electron chi connectivity index (χ2n) is 6.35. The molecule has 3 heterocycles. The fraction of sp³-hybridized carbons (Fsp3) is 0.688. The normalized spacial score (nSPS) is 24.7. The predicted octanol–water partition coefficient (Wildman–Crippen LogP) is 0.624. The highest BCUT2D eigenvalue weighted by molar-refractivity contribution is 5.81. The molecule has 3 rings (SSSR count). The Labute approximate surface area is 130 Å². The lowest BCUT2D eigenvalue weighted by Crippen LogP contribution is -2.49. The maximum Gasteiger partial charge on any atom is 0.253 e. The highest BCUT2D eigenvalue weighted by Gasteiger charge is 2.30. The number of amides is 1. The summed E-state index contributed by atoms with van der Waals surface area (Å²) in [5.74, 6) is 0.686. The van der Waals surface area contributed by atoms with E-state index in [1.165, 1.54) is 12.3 Å². The van der Waals surface area contributed by atoms with Crippen LogP contribution in [0.4, 0.5) is 0 Å². The molecule has 0 spiro atoms. The lowest BCUT2D eigenvalue weighted by molar-refractivity contribution is -0.126. The van der Waals surface area contributed by atoms with Gasteiger partial charge in [0.1, 0.15) is 0 Å². The molecule has 1 amide bonds. The van der Waals surface area contributed by atoms with Crippen LogP contribution in [0.1, 0.15) is 32.1 Å². The molecule has 1 atom stereocenters. The number of likely N-dealkylation sites (tertiary alicyclic amines) is 1. The van der Waals surface area contributed by atoms with Crippen molar-refractivity contribution in [3.8, 4) is 0 Å². The predicted molar refractivity (Wildman–Crippen MR) is 83.4 cm³/mol. The van der Waals surface area contributed by atoms with E-state index in [4.69, 9.17) is 0 Å². The number of rotatable bonds is 3. The van der Waals surface area contributed by atoms with Gasteiger partial charge in [-0.25, -0.2) is 4.98 Å². The summed E-state index contributed by atoms with van der Waals surface area (Å²) in [6, 6.07) is 1.55. The summed E-state index contributed by atoms with van der Waals surface area (Å²) >= 11 is 0. The molecule has 1 unspecified atom stereocenters. The van der Waals surface area contributed by atoms with E-state index in [0.717, 1.165) is 58.3 Å². The lowest BCUT2D eigenvalue weighted by atomic mass is 9.94. The quantitative estimate of drug-likeness (QED) is 0.889. The molecule has 0 saturated carbocycles. The summed E-state index contributed by atoms with van der Waals surface area (Å²) < 4.78 is 1.69. The number of aromatic nitrogens is 2. The maximum absolute atomic E-state index is 12.1. The molecule has 2 aliphatic heterocycles. The Kier molecular flexibility index (Phi) is 4.87. The highest BCUT2D eigenvalue weighted by Crippen LogP contribution is 2.23. The van der Waals surface area contributed by atoms with Crippen LogP contribution < -0.4 is 10.9 Å². The van der Waals surface area contributed by atoms with Gasteiger partial charge in [-0.05, 0) is 51.1 Å². The molecular formula is C16H24N4O2. The minimum Gasteiger partial charge on any atom is -0.355 e. The average molecular weight is 304 g/mol. The number of nitrogens with one attached hydrogen (secondary N) is 1. The number of piperidine rings is 1. The first-order valence-corrected chi connectivity index (χ1v) is 8.26. The van der Waals surface area contributed by atoms with Crippen molar-refractivity contribution in [2.45, 2.75) is 44.7 Å². The van der Waals surface area contributed by atoms with Crippen LogP contribution in [-0.2, 0) is 11.3 Å². The van der Waals surface area contributed by atoms with Crippen LogP contribution >= 0.6 is 0 Å². The minimum atomic E-state index is 0.0144. The lowest BCUT2D eigenvalue weighted by Gasteiger charge is -2.36. The molecule has 0 bridgehead atoms. The summed E-state index contributed by atoms with van der Waals surface area (Å²) in [7, 11) is 0. The molecule has 0 aliphatic carbocycles. The molecular weight excluding hydrogens is 280 g/mol. The Morgan fingerprint density at radius 1 is 1.18 bits per heavy atom. The zero-order valence-corrected chi connectivity index (χ0v) is 12.9. The number of hydrogen-bond donors (Lipinski definition) is 1. The third-order valence-electron chi connectivity index (χ3n) is 4.84. The monoisotopic (exact) mass is 304 g/mol. The van der Waals surface area contributed by atoms with E-state index in [-0.39, 0.29) is 17.5 Å². The zero-order chi connectivity index (χ0) is 15.4. The van der Waals surface area contributed by atoms with Crippen LogP contribution in [0.25, 0.3) is 0 Å². The van der Waals surface area contributed by atoms with Gasteiger partial charge < -0.3 is 5.32 Å². The van der Waals surface area contributed by atoms with Gasteiger partial charge in [0.05, 0.1) is 12.4 Å². The highest BCUT2D eigenvalue weighted by atomic mass is 16.2. The second-order valence-corrected chi connectivity index (χ2v) is 6.35. The van der Waals surface area contributed by atoms with Crippen LogP contribution in [0, 0.1) is 5.92 Å². The third-order valence-corrected chi connectivity index (χ3v) is 4.84. The molecule has 1 aromatic rings. The Bertz CT molecular complexity index is 563. The van der Waals surface area contributed by atoms with Crippen LogP contribution in [0.5, 0.6) is 0 Å². The average Bonchev–Trinajstić information content (AvgIpc) is 2.75. The molecule has 1 N–H and O–H groups in total. The number of carbonyl (C=O) groups is 1. The molecule has 2 aliphatic rings. The van der Waals surface area contributed by atoms with Crippen molar-refractivity contribution in [3.05, 3.63) is 28.9 Å². The first kappa shape index (κ1) is 15.2. The van der Waals surface area contributed by atoms with Crippen LogP contribution in [0.3, 0.4) is 0 Å². The van der Waals surface area contributed by atoms with Gasteiger partial charge in [0.15, 0.2) is 0 Å². The number of nitrogens with zero attached hydrogens (tertiary/aromatic N) is 3. The third kappa shape index (κ3) is 3.55. The van der Waals surface area contributed by atoms with Gasteiger partial charge >= 0.3 is 0 Å². The van der Waals surface area contributed by atoms with Gasteiger partial charge in [-0.15, -0.1) is 0 Å². The van der Waals surface area contributed by atoms with E-state index < -0.39 is 0 Å². The summed E-state index contributed by atoms with van der Waals surface area (Å²) in [6.07, 6.45) is 8.39. The Morgan fingerprint density at radius 2 is 2.00 bits per heavy atom. The van der Waals surface area contributed by atoms with Gasteiger partial charge in [0.25, 0.3) is 5.56 Å².